The van der Waals surface area contributed by atoms with Gasteiger partial charge in [-0.3, -0.25) is 4.79 Å². The highest BCUT2D eigenvalue weighted by atomic mass is 16.5. The molecule has 1 aliphatic heterocycles. The van der Waals surface area contributed by atoms with Gasteiger partial charge in [-0.2, -0.15) is 0 Å². The molecular weight excluding hydrogens is 466 g/mol. The van der Waals surface area contributed by atoms with E-state index in [0.717, 1.165) is 48.3 Å². The first-order valence-corrected chi connectivity index (χ1v) is 13.1. The molecule has 194 valence electrons. The number of hydrogen-bond donors (Lipinski definition) is 1. The summed E-state index contributed by atoms with van der Waals surface area (Å²) in [4.78, 5) is 36.4. The summed E-state index contributed by atoms with van der Waals surface area (Å²) in [6.07, 6.45) is 8.30. The number of amides is 3. The Bertz CT molecular complexity index is 1150. The zero-order chi connectivity index (χ0) is 26.2. The fourth-order valence-corrected chi connectivity index (χ4v) is 5.30. The van der Waals surface area contributed by atoms with E-state index in [1.165, 1.54) is 5.56 Å². The molecule has 2 fully saturated rings. The van der Waals surface area contributed by atoms with E-state index in [2.05, 4.69) is 40.8 Å². The number of morpholine rings is 1. The number of ether oxygens (including phenoxy) is 1. The molecule has 2 aliphatic rings. The quantitative estimate of drug-likeness (QED) is 0.437. The fourth-order valence-electron chi connectivity index (χ4n) is 5.30. The van der Waals surface area contributed by atoms with Crippen LogP contribution in [0, 0.1) is 10.8 Å². The van der Waals surface area contributed by atoms with Gasteiger partial charge in [0.2, 0.25) is 0 Å². The van der Waals surface area contributed by atoms with Crippen LogP contribution in [0.5, 0.6) is 0 Å². The third-order valence-electron chi connectivity index (χ3n) is 7.50. The van der Waals surface area contributed by atoms with E-state index in [-0.39, 0.29) is 24.4 Å². The van der Waals surface area contributed by atoms with Crippen molar-refractivity contribution in [3.63, 3.8) is 0 Å². The van der Waals surface area contributed by atoms with Crippen LogP contribution in [0.4, 0.5) is 10.5 Å². The summed E-state index contributed by atoms with van der Waals surface area (Å²) in [5.41, 5.74) is 4.21. The molecule has 1 N–H and O–H groups in total. The number of benzene rings is 2. The average Bonchev–Trinajstić information content (AvgIpc) is 2.93. The lowest BCUT2D eigenvalue weighted by Gasteiger charge is -2.35. The second kappa shape index (κ2) is 12.5. The van der Waals surface area contributed by atoms with E-state index in [0.29, 0.717) is 19.1 Å². The molecule has 7 heteroatoms. The lowest BCUT2D eigenvalue weighted by molar-refractivity contribution is -0.119. The van der Waals surface area contributed by atoms with E-state index in [1.54, 1.807) is 4.90 Å². The number of rotatable bonds is 6. The number of anilines is 1. The van der Waals surface area contributed by atoms with E-state index in [9.17, 15) is 14.5 Å². The number of hydrogen-bond acceptors (Lipinski definition) is 4. The third-order valence-corrected chi connectivity index (χ3v) is 7.50. The smallest absolute Gasteiger partial charge is 0.322 e. The van der Waals surface area contributed by atoms with Gasteiger partial charge in [-0.05, 0) is 86.3 Å². The van der Waals surface area contributed by atoms with Gasteiger partial charge in [0.25, 0.3) is 5.91 Å². The van der Waals surface area contributed by atoms with E-state index in [1.807, 2.05) is 50.3 Å². The standard InChI is InChI=1S/C30H35N3O4/c1-3-23(20-28-21(2)33(17-18-37-28)30(35)31-27-7-5-4-6-8-27)24-13-15-26(16-14-24)25-11-9-22(10-12-25)19-29(34)32-36/h3-8,13-16,20-22,25H,9-12,17-19H2,1-2H3,(H,31,35). The molecule has 2 aromatic carbocycles. The minimum atomic E-state index is -0.531. The average molecular weight is 502 g/mol. The maximum atomic E-state index is 12.9. The van der Waals surface area contributed by atoms with Crippen molar-refractivity contribution >= 4 is 23.2 Å². The molecule has 2 aromatic rings. The number of allylic oxidation sites excluding steroid dienone is 3. The molecule has 0 radical (unpaired) electrons. The SMILES string of the molecule is CC=C(C=C1OCCN(C(=O)Nc2ccccc2)C1C)c1ccc(C2CCC(CC(=O)N=O)CC2)cc1. The summed E-state index contributed by atoms with van der Waals surface area (Å²) < 4.78 is 5.99. The summed E-state index contributed by atoms with van der Waals surface area (Å²) in [5.74, 6) is 0.977. The van der Waals surface area contributed by atoms with Gasteiger partial charge in [0, 0.05) is 17.3 Å². The largest absolute Gasteiger partial charge is 0.494 e. The van der Waals surface area contributed by atoms with Crippen molar-refractivity contribution in [1.82, 2.24) is 4.90 Å². The Labute approximate surface area is 218 Å². The van der Waals surface area contributed by atoms with Gasteiger partial charge >= 0.3 is 6.03 Å². The molecule has 1 atom stereocenters. The third kappa shape index (κ3) is 6.73. The predicted octanol–water partition coefficient (Wildman–Crippen LogP) is 6.88. The molecule has 1 saturated carbocycles. The van der Waals surface area contributed by atoms with Crippen LogP contribution in [0.25, 0.3) is 5.57 Å². The summed E-state index contributed by atoms with van der Waals surface area (Å²) in [5, 5.41) is 5.51. The van der Waals surface area contributed by atoms with Gasteiger partial charge in [0.05, 0.1) is 12.6 Å². The van der Waals surface area contributed by atoms with Crippen molar-refractivity contribution in [2.75, 3.05) is 18.5 Å². The first-order chi connectivity index (χ1) is 18.0. The van der Waals surface area contributed by atoms with Crippen LogP contribution in [0.2, 0.25) is 0 Å². The Morgan fingerprint density at radius 1 is 1.05 bits per heavy atom. The predicted molar refractivity (Wildman–Crippen MR) is 146 cm³/mol. The molecule has 3 amide bonds. The van der Waals surface area contributed by atoms with Crippen LogP contribution in [0.1, 0.15) is 63.0 Å². The van der Waals surface area contributed by atoms with Crippen molar-refractivity contribution < 1.29 is 14.3 Å². The molecular formula is C30H35N3O4. The number of urea groups is 1. The second-order valence-corrected chi connectivity index (χ2v) is 9.83. The molecule has 1 aliphatic carbocycles. The number of nitrogens with zero attached hydrogens (tertiary/aromatic N) is 2. The van der Waals surface area contributed by atoms with Gasteiger partial charge in [0.15, 0.2) is 0 Å². The summed E-state index contributed by atoms with van der Waals surface area (Å²) in [6, 6.07) is 17.8. The van der Waals surface area contributed by atoms with Gasteiger partial charge in [-0.1, -0.05) is 48.5 Å². The lowest BCUT2D eigenvalue weighted by atomic mass is 9.77. The van der Waals surface area contributed by atoms with Crippen molar-refractivity contribution in [2.45, 2.75) is 57.9 Å². The summed E-state index contributed by atoms with van der Waals surface area (Å²) in [6.45, 7) is 4.97. The number of nitroso groups, excluding NO2 is 1. The maximum Gasteiger partial charge on any atom is 0.322 e. The zero-order valence-corrected chi connectivity index (χ0v) is 21.6. The number of nitrogens with one attached hydrogen (secondary N) is 1. The maximum absolute atomic E-state index is 12.9. The van der Waals surface area contributed by atoms with Crippen LogP contribution < -0.4 is 5.32 Å². The van der Waals surface area contributed by atoms with Gasteiger partial charge < -0.3 is 15.0 Å². The monoisotopic (exact) mass is 501 g/mol. The highest BCUT2D eigenvalue weighted by Crippen LogP contribution is 2.37. The van der Waals surface area contributed by atoms with Crippen molar-refractivity contribution in [3.05, 3.63) is 88.5 Å². The molecule has 0 aromatic heterocycles. The molecule has 4 rings (SSSR count). The number of carbonyl (C=O) groups excluding carboxylic acids is 2. The molecule has 37 heavy (non-hydrogen) atoms. The van der Waals surface area contributed by atoms with Crippen molar-refractivity contribution in [1.29, 1.82) is 0 Å². The van der Waals surface area contributed by atoms with Crippen LogP contribution in [-0.2, 0) is 9.53 Å². The highest BCUT2D eigenvalue weighted by Gasteiger charge is 2.29. The van der Waals surface area contributed by atoms with Crippen LogP contribution in [-0.4, -0.2) is 36.0 Å². The summed E-state index contributed by atoms with van der Waals surface area (Å²) in [7, 11) is 0. The Hall–Kier alpha value is -3.74. The number of para-hydroxylation sites is 1. The zero-order valence-electron chi connectivity index (χ0n) is 21.6. The lowest BCUT2D eigenvalue weighted by Crippen LogP contribution is -2.47. The first-order valence-electron chi connectivity index (χ1n) is 13.1. The highest BCUT2D eigenvalue weighted by molar-refractivity contribution is 5.90. The Kier molecular flexibility index (Phi) is 8.88. The Balaban J connectivity index is 1.39. The van der Waals surface area contributed by atoms with Gasteiger partial charge in [-0.25, -0.2) is 4.79 Å². The van der Waals surface area contributed by atoms with E-state index >= 15 is 0 Å². The van der Waals surface area contributed by atoms with E-state index < -0.39 is 5.91 Å². The molecule has 1 heterocycles. The Morgan fingerprint density at radius 2 is 1.76 bits per heavy atom. The van der Waals surface area contributed by atoms with Crippen molar-refractivity contribution in [3.8, 4) is 0 Å². The minimum absolute atomic E-state index is 0.138. The van der Waals surface area contributed by atoms with Gasteiger partial charge in [-0.15, -0.1) is 4.91 Å². The van der Waals surface area contributed by atoms with E-state index in [4.69, 9.17) is 4.74 Å². The molecule has 0 spiro atoms. The van der Waals surface area contributed by atoms with Crippen molar-refractivity contribution in [2.24, 2.45) is 11.1 Å². The van der Waals surface area contributed by atoms with Crippen LogP contribution in [0.15, 0.2) is 77.7 Å². The fraction of sp³-hybridized carbons (Fsp3) is 0.400. The second-order valence-electron chi connectivity index (χ2n) is 9.83. The minimum Gasteiger partial charge on any atom is -0.494 e. The Morgan fingerprint density at radius 3 is 2.41 bits per heavy atom. The van der Waals surface area contributed by atoms with Gasteiger partial charge in [0.1, 0.15) is 12.4 Å². The molecule has 1 saturated heterocycles. The number of carbonyl (C=O) groups is 2. The molecule has 1 unspecified atom stereocenters. The molecule has 0 bridgehead atoms. The summed E-state index contributed by atoms with van der Waals surface area (Å²) >= 11 is 0. The van der Waals surface area contributed by atoms with Crippen LogP contribution >= 0.6 is 0 Å². The topological polar surface area (TPSA) is 88.1 Å². The normalized spacial score (nSPS) is 23.3. The molecule has 7 nitrogen and oxygen atoms in total. The first kappa shape index (κ1) is 26.3. The van der Waals surface area contributed by atoms with Crippen LogP contribution in [0.3, 0.4) is 0 Å².